The molecule has 0 saturated carbocycles. The molecule has 0 fully saturated rings. The molecule has 0 saturated heterocycles. The average Bonchev–Trinajstić information content (AvgIpc) is 3.24. The molecular formula is C26H18N2O2Te. The monoisotopic (exact) mass is 520 g/mol. The van der Waals surface area contributed by atoms with E-state index in [0.29, 0.717) is 11.1 Å². The number of anilines is 2. The van der Waals surface area contributed by atoms with E-state index in [2.05, 4.69) is 0 Å². The van der Waals surface area contributed by atoms with E-state index in [1.807, 2.05) is 115 Å². The Hall–Kier alpha value is -3.39. The van der Waals surface area contributed by atoms with Crippen LogP contribution < -0.4 is 13.5 Å². The fourth-order valence-electron chi connectivity index (χ4n) is 4.50. The Morgan fingerprint density at radius 3 is 1.23 bits per heavy atom. The van der Waals surface area contributed by atoms with E-state index in [-0.39, 0.29) is 11.8 Å². The molecule has 4 aromatic rings. The molecule has 1 spiro atoms. The molecule has 5 heteroatoms. The van der Waals surface area contributed by atoms with E-state index >= 15 is 0 Å². The van der Waals surface area contributed by atoms with Gasteiger partial charge in [-0.2, -0.15) is 0 Å². The van der Waals surface area contributed by atoms with Gasteiger partial charge in [0.2, 0.25) is 0 Å². The number of fused-ring (bicyclic) bond motifs is 4. The Morgan fingerprint density at radius 2 is 0.806 bits per heavy atom. The zero-order chi connectivity index (χ0) is 21.0. The first-order valence-electron chi connectivity index (χ1n) is 10.1. The van der Waals surface area contributed by atoms with Crippen molar-refractivity contribution in [2.45, 2.75) is 0 Å². The molecule has 4 nitrogen and oxygen atoms in total. The van der Waals surface area contributed by atoms with Crippen LogP contribution in [0.25, 0.3) is 0 Å². The summed E-state index contributed by atoms with van der Waals surface area (Å²) in [5.74, 6) is -0.0677. The number of hydrogen-bond donors (Lipinski definition) is 0. The van der Waals surface area contributed by atoms with Gasteiger partial charge in [0.05, 0.1) is 0 Å². The van der Waals surface area contributed by atoms with Crippen LogP contribution in [0.3, 0.4) is 0 Å². The minimum absolute atomic E-state index is 0.0339. The Kier molecular flexibility index (Phi) is 4.04. The number of amides is 2. The van der Waals surface area contributed by atoms with Gasteiger partial charge in [0.1, 0.15) is 0 Å². The SMILES string of the molecule is O=C1c2ccccc2[Te]2(c3ccccc3C(=O)N2c2ccccc2)N1c1ccccc1. The summed E-state index contributed by atoms with van der Waals surface area (Å²) in [5.41, 5.74) is 3.04. The van der Waals surface area contributed by atoms with Crippen molar-refractivity contribution in [3.8, 4) is 0 Å². The number of hydrogen-bond acceptors (Lipinski definition) is 2. The van der Waals surface area contributed by atoms with Crippen molar-refractivity contribution >= 4 is 49.1 Å². The van der Waals surface area contributed by atoms with Gasteiger partial charge in [-0.1, -0.05) is 0 Å². The van der Waals surface area contributed by atoms with Gasteiger partial charge in [-0.15, -0.1) is 0 Å². The standard InChI is InChI=1S/C26H18N2O2Te/c29-25-21-15-7-9-17-23(21)31(27(25)19-11-3-1-4-12-19)24-18-10-8-16-22(24)26(30)28(31)20-13-5-2-6-14-20/h1-18H. The molecule has 2 heterocycles. The molecular weight excluding hydrogens is 500 g/mol. The summed E-state index contributed by atoms with van der Waals surface area (Å²) in [6, 6.07) is 35.1. The summed E-state index contributed by atoms with van der Waals surface area (Å²) in [4.78, 5) is 27.8. The third-order valence-corrected chi connectivity index (χ3v) is 16.4. The summed E-state index contributed by atoms with van der Waals surface area (Å²) in [7, 11) is 0. The molecule has 0 atom stereocenters. The first-order valence-corrected chi connectivity index (χ1v) is 14.5. The molecule has 0 aromatic heterocycles. The van der Waals surface area contributed by atoms with Crippen LogP contribution in [0.15, 0.2) is 109 Å². The normalized spacial score (nSPS) is 17.0. The summed E-state index contributed by atoms with van der Waals surface area (Å²) < 4.78 is 5.93. The van der Waals surface area contributed by atoms with Gasteiger partial charge in [0.15, 0.2) is 0 Å². The van der Waals surface area contributed by atoms with E-state index in [0.717, 1.165) is 18.6 Å². The van der Waals surface area contributed by atoms with E-state index in [1.54, 1.807) is 0 Å². The van der Waals surface area contributed by atoms with E-state index < -0.39 is 18.7 Å². The van der Waals surface area contributed by atoms with Crippen LogP contribution in [-0.4, -0.2) is 30.5 Å². The summed E-state index contributed by atoms with van der Waals surface area (Å²) in [5, 5.41) is 0. The molecule has 0 unspecified atom stereocenters. The van der Waals surface area contributed by atoms with Crippen molar-refractivity contribution in [3.05, 3.63) is 120 Å². The predicted molar refractivity (Wildman–Crippen MR) is 124 cm³/mol. The Balaban J connectivity index is 1.77. The molecule has 2 aliphatic rings. The fraction of sp³-hybridized carbons (Fsp3) is 0. The molecule has 2 amide bonds. The molecule has 6 rings (SSSR count). The zero-order valence-electron chi connectivity index (χ0n) is 16.5. The quantitative estimate of drug-likeness (QED) is 0.381. The minimum atomic E-state index is -3.99. The average molecular weight is 518 g/mol. The zero-order valence-corrected chi connectivity index (χ0v) is 18.8. The summed E-state index contributed by atoms with van der Waals surface area (Å²) in [6.45, 7) is 0. The molecule has 2 aliphatic heterocycles. The van der Waals surface area contributed by atoms with Crippen molar-refractivity contribution in [2.24, 2.45) is 0 Å². The topological polar surface area (TPSA) is 40.6 Å². The first-order chi connectivity index (χ1) is 15.2. The molecule has 0 aliphatic carbocycles. The maximum atomic E-state index is 13.9. The Labute approximate surface area is 184 Å². The molecule has 0 bridgehead atoms. The molecule has 0 N–H and O–H groups in total. The van der Waals surface area contributed by atoms with E-state index in [4.69, 9.17) is 0 Å². The van der Waals surface area contributed by atoms with Gasteiger partial charge in [-0.05, 0) is 0 Å². The maximum absolute atomic E-state index is 13.9. The number of nitrogens with zero attached hydrogens (tertiary/aromatic N) is 2. The van der Waals surface area contributed by atoms with Crippen molar-refractivity contribution in [3.63, 3.8) is 0 Å². The number of carbonyl (C=O) groups is 2. The molecule has 4 aromatic carbocycles. The van der Waals surface area contributed by atoms with Crippen LogP contribution in [0.2, 0.25) is 0 Å². The van der Waals surface area contributed by atoms with E-state index in [1.165, 1.54) is 0 Å². The Morgan fingerprint density at radius 1 is 0.452 bits per heavy atom. The number of para-hydroxylation sites is 2. The van der Waals surface area contributed by atoms with Crippen LogP contribution >= 0.6 is 0 Å². The van der Waals surface area contributed by atoms with Crippen LogP contribution in [0.1, 0.15) is 20.7 Å². The van der Waals surface area contributed by atoms with Gasteiger partial charge in [0, 0.05) is 0 Å². The van der Waals surface area contributed by atoms with E-state index in [9.17, 15) is 9.59 Å². The van der Waals surface area contributed by atoms with Crippen molar-refractivity contribution in [1.82, 2.24) is 0 Å². The second kappa shape index (κ2) is 6.81. The third-order valence-electron chi connectivity index (χ3n) is 5.73. The molecule has 0 radical (unpaired) electrons. The summed E-state index contributed by atoms with van der Waals surface area (Å²) >= 11 is -3.99. The number of carbonyl (C=O) groups excluding carboxylic acids is 2. The third kappa shape index (κ3) is 2.36. The summed E-state index contributed by atoms with van der Waals surface area (Å²) in [6.07, 6.45) is 0. The second-order valence-corrected chi connectivity index (χ2v) is 15.1. The van der Waals surface area contributed by atoms with Gasteiger partial charge >= 0.3 is 185 Å². The van der Waals surface area contributed by atoms with Crippen molar-refractivity contribution in [1.29, 1.82) is 0 Å². The molecule has 150 valence electrons. The second-order valence-electron chi connectivity index (χ2n) is 7.41. The van der Waals surface area contributed by atoms with Crippen molar-refractivity contribution < 1.29 is 9.59 Å². The molecule has 31 heavy (non-hydrogen) atoms. The number of rotatable bonds is 2. The van der Waals surface area contributed by atoms with Gasteiger partial charge in [-0.3, -0.25) is 0 Å². The number of benzene rings is 4. The van der Waals surface area contributed by atoms with Gasteiger partial charge in [-0.25, -0.2) is 0 Å². The van der Waals surface area contributed by atoms with Crippen LogP contribution in [0, 0.1) is 0 Å². The first kappa shape index (κ1) is 18.4. The van der Waals surface area contributed by atoms with Crippen LogP contribution in [0.4, 0.5) is 11.4 Å². The predicted octanol–water partition coefficient (Wildman–Crippen LogP) is 3.56. The van der Waals surface area contributed by atoms with Crippen LogP contribution in [-0.2, 0) is 0 Å². The van der Waals surface area contributed by atoms with Gasteiger partial charge in [0.25, 0.3) is 0 Å². The fourth-order valence-corrected chi connectivity index (χ4v) is 16.4. The Bertz CT molecular complexity index is 1230. The van der Waals surface area contributed by atoms with Crippen molar-refractivity contribution in [2.75, 3.05) is 6.30 Å². The van der Waals surface area contributed by atoms with Crippen LogP contribution in [0.5, 0.6) is 0 Å². The van der Waals surface area contributed by atoms with Gasteiger partial charge < -0.3 is 0 Å².